The van der Waals surface area contributed by atoms with Crippen LogP contribution in [0.5, 0.6) is 0 Å². The van der Waals surface area contributed by atoms with Gasteiger partial charge in [-0.3, -0.25) is 19.2 Å². The summed E-state index contributed by atoms with van der Waals surface area (Å²) in [5.74, 6) is -1.00. The van der Waals surface area contributed by atoms with Gasteiger partial charge in [-0.2, -0.15) is 0 Å². The maximum atomic E-state index is 12.9. The minimum Gasteiger partial charge on any atom is -0.455 e. The zero-order valence-electron chi connectivity index (χ0n) is 16.6. The number of para-hydroxylation sites is 2. The molecular formula is C22H26N2O5. The lowest BCUT2D eigenvalue weighted by Crippen LogP contribution is -2.43. The fraction of sp³-hybridized carbons (Fsp3) is 0.545. The van der Waals surface area contributed by atoms with Gasteiger partial charge in [0.15, 0.2) is 6.61 Å². The molecule has 3 aliphatic rings. The number of ether oxygens (including phenoxy) is 1. The zero-order valence-corrected chi connectivity index (χ0v) is 16.6. The SMILES string of the molecule is C[C@@H]1CC(=O)Nc2ccccc2N1C(=O)COC(=O)C1C[C@H]2CCC[C@@H](C1)C2=O. The van der Waals surface area contributed by atoms with Crippen LogP contribution in [0.3, 0.4) is 0 Å². The van der Waals surface area contributed by atoms with E-state index >= 15 is 0 Å². The number of benzene rings is 1. The van der Waals surface area contributed by atoms with E-state index in [0.29, 0.717) is 30.0 Å². The largest absolute Gasteiger partial charge is 0.455 e. The minimum absolute atomic E-state index is 0.0367. The summed E-state index contributed by atoms with van der Waals surface area (Å²) in [7, 11) is 0. The molecule has 0 saturated heterocycles. The molecule has 7 heteroatoms. The number of nitrogens with one attached hydrogen (secondary N) is 1. The topological polar surface area (TPSA) is 92.8 Å². The van der Waals surface area contributed by atoms with Crippen molar-refractivity contribution in [3.8, 4) is 0 Å². The highest BCUT2D eigenvalue weighted by Gasteiger charge is 2.42. The van der Waals surface area contributed by atoms with Crippen molar-refractivity contribution in [1.29, 1.82) is 0 Å². The molecule has 0 aromatic heterocycles. The van der Waals surface area contributed by atoms with Gasteiger partial charge < -0.3 is 15.0 Å². The molecule has 1 aliphatic heterocycles. The van der Waals surface area contributed by atoms with Crippen molar-refractivity contribution in [3.63, 3.8) is 0 Å². The molecule has 1 N–H and O–H groups in total. The first-order chi connectivity index (χ1) is 13.9. The van der Waals surface area contributed by atoms with E-state index in [4.69, 9.17) is 4.74 Å². The second-order valence-corrected chi connectivity index (χ2v) is 8.39. The molecule has 1 heterocycles. The number of Topliss-reactive ketones (excluding diaryl/α,β-unsaturated/α-hetero) is 1. The molecule has 1 unspecified atom stereocenters. The number of anilines is 2. The predicted octanol–water partition coefficient (Wildman–Crippen LogP) is 2.69. The van der Waals surface area contributed by atoms with E-state index in [1.165, 1.54) is 4.90 Å². The first kappa shape index (κ1) is 19.6. The third kappa shape index (κ3) is 3.91. The number of carbonyl (C=O) groups is 4. The molecule has 2 saturated carbocycles. The number of carbonyl (C=O) groups excluding carboxylic acids is 4. The smallest absolute Gasteiger partial charge is 0.309 e. The summed E-state index contributed by atoms with van der Waals surface area (Å²) in [6.07, 6.45) is 3.97. The van der Waals surface area contributed by atoms with Crippen molar-refractivity contribution in [1.82, 2.24) is 0 Å². The van der Waals surface area contributed by atoms with Crippen LogP contribution >= 0.6 is 0 Å². The van der Waals surface area contributed by atoms with Gasteiger partial charge in [-0.25, -0.2) is 0 Å². The molecule has 154 valence electrons. The van der Waals surface area contributed by atoms with Gasteiger partial charge in [0.2, 0.25) is 5.91 Å². The minimum atomic E-state index is -0.396. The van der Waals surface area contributed by atoms with Crippen molar-refractivity contribution in [2.75, 3.05) is 16.8 Å². The average molecular weight is 398 g/mol. The number of rotatable bonds is 3. The van der Waals surface area contributed by atoms with E-state index in [9.17, 15) is 19.2 Å². The molecule has 0 spiro atoms. The lowest BCUT2D eigenvalue weighted by atomic mass is 9.67. The van der Waals surface area contributed by atoms with Gasteiger partial charge in [0.25, 0.3) is 5.91 Å². The molecule has 2 bridgehead atoms. The first-order valence-corrected chi connectivity index (χ1v) is 10.4. The van der Waals surface area contributed by atoms with Crippen LogP contribution < -0.4 is 10.2 Å². The molecular weight excluding hydrogens is 372 g/mol. The Morgan fingerprint density at radius 2 is 1.83 bits per heavy atom. The Hall–Kier alpha value is -2.70. The number of ketones is 1. The highest BCUT2D eigenvalue weighted by molar-refractivity contribution is 6.05. The molecule has 4 rings (SSSR count). The standard InChI is InChI=1S/C22H26N2O5/c1-13-9-19(25)23-17-7-2-3-8-18(17)24(13)20(26)12-29-22(28)16-10-14-5-4-6-15(11-16)21(14)27/h2-3,7-8,13-16H,4-6,9-12H2,1H3,(H,23,25)/t13-,14-,15+,16?/m1/s1. The molecule has 2 amide bonds. The van der Waals surface area contributed by atoms with Crippen LogP contribution in [0, 0.1) is 17.8 Å². The number of esters is 1. The summed E-state index contributed by atoms with van der Waals surface area (Å²) >= 11 is 0. The summed E-state index contributed by atoms with van der Waals surface area (Å²) in [5, 5.41) is 2.81. The summed E-state index contributed by atoms with van der Waals surface area (Å²) < 4.78 is 5.38. The maximum Gasteiger partial charge on any atom is 0.309 e. The quantitative estimate of drug-likeness (QED) is 0.791. The fourth-order valence-corrected chi connectivity index (χ4v) is 4.96. The summed E-state index contributed by atoms with van der Waals surface area (Å²) in [6.45, 7) is 1.43. The van der Waals surface area contributed by atoms with Crippen LogP contribution in [0.1, 0.15) is 45.4 Å². The molecule has 29 heavy (non-hydrogen) atoms. The molecule has 7 nitrogen and oxygen atoms in total. The van der Waals surface area contributed by atoms with Crippen LogP contribution in [0.15, 0.2) is 24.3 Å². The number of fused-ring (bicyclic) bond motifs is 3. The highest BCUT2D eigenvalue weighted by Crippen LogP contribution is 2.40. The van der Waals surface area contributed by atoms with E-state index in [1.54, 1.807) is 31.2 Å². The summed E-state index contributed by atoms with van der Waals surface area (Å²) in [4.78, 5) is 51.3. The van der Waals surface area contributed by atoms with Crippen molar-refractivity contribution < 1.29 is 23.9 Å². The average Bonchev–Trinajstić information content (AvgIpc) is 2.79. The van der Waals surface area contributed by atoms with E-state index in [-0.39, 0.29) is 48.6 Å². The van der Waals surface area contributed by atoms with E-state index in [2.05, 4.69) is 5.32 Å². The monoisotopic (exact) mass is 398 g/mol. The first-order valence-electron chi connectivity index (χ1n) is 10.4. The number of amides is 2. The Kier molecular flexibility index (Phi) is 5.39. The Balaban J connectivity index is 1.42. The Labute approximate surface area is 169 Å². The van der Waals surface area contributed by atoms with Crippen molar-refractivity contribution in [2.24, 2.45) is 17.8 Å². The van der Waals surface area contributed by atoms with Crippen LogP contribution in [-0.4, -0.2) is 36.2 Å². The summed E-state index contributed by atoms with van der Waals surface area (Å²) in [6, 6.07) is 6.75. The Morgan fingerprint density at radius 3 is 2.55 bits per heavy atom. The zero-order chi connectivity index (χ0) is 20.5. The van der Waals surface area contributed by atoms with Crippen LogP contribution in [0.4, 0.5) is 11.4 Å². The van der Waals surface area contributed by atoms with Gasteiger partial charge in [0, 0.05) is 24.3 Å². The molecule has 0 radical (unpaired) electrons. The van der Waals surface area contributed by atoms with Gasteiger partial charge in [-0.1, -0.05) is 18.6 Å². The second kappa shape index (κ2) is 7.97. The van der Waals surface area contributed by atoms with Crippen LogP contribution in [0.2, 0.25) is 0 Å². The lowest BCUT2D eigenvalue weighted by molar-refractivity contribution is -0.156. The molecule has 4 atom stereocenters. The van der Waals surface area contributed by atoms with E-state index < -0.39 is 5.97 Å². The number of hydrogen-bond acceptors (Lipinski definition) is 5. The van der Waals surface area contributed by atoms with E-state index in [1.807, 2.05) is 0 Å². The van der Waals surface area contributed by atoms with E-state index in [0.717, 1.165) is 19.3 Å². The Morgan fingerprint density at radius 1 is 1.14 bits per heavy atom. The normalized spacial score (nSPS) is 28.8. The number of hydrogen-bond donors (Lipinski definition) is 1. The molecule has 1 aromatic carbocycles. The third-order valence-electron chi connectivity index (χ3n) is 6.35. The Bertz CT molecular complexity index is 835. The molecule has 2 fully saturated rings. The second-order valence-electron chi connectivity index (χ2n) is 8.39. The van der Waals surface area contributed by atoms with Crippen molar-refractivity contribution in [3.05, 3.63) is 24.3 Å². The van der Waals surface area contributed by atoms with Crippen LogP contribution in [-0.2, 0) is 23.9 Å². The fourth-order valence-electron chi connectivity index (χ4n) is 4.96. The van der Waals surface area contributed by atoms with Gasteiger partial charge >= 0.3 is 5.97 Å². The van der Waals surface area contributed by atoms with Gasteiger partial charge in [0.1, 0.15) is 5.78 Å². The predicted molar refractivity (Wildman–Crippen MR) is 106 cm³/mol. The third-order valence-corrected chi connectivity index (χ3v) is 6.35. The lowest BCUT2D eigenvalue weighted by Gasteiger charge is -2.36. The highest BCUT2D eigenvalue weighted by atomic mass is 16.5. The maximum absolute atomic E-state index is 12.9. The molecule has 2 aliphatic carbocycles. The van der Waals surface area contributed by atoms with Crippen molar-refractivity contribution >= 4 is 34.9 Å². The van der Waals surface area contributed by atoms with Crippen LogP contribution in [0.25, 0.3) is 0 Å². The summed E-state index contributed by atoms with van der Waals surface area (Å²) in [5.41, 5.74) is 1.17. The molecule has 1 aromatic rings. The van der Waals surface area contributed by atoms with Gasteiger partial charge in [-0.15, -0.1) is 0 Å². The van der Waals surface area contributed by atoms with Gasteiger partial charge in [0.05, 0.1) is 17.3 Å². The van der Waals surface area contributed by atoms with Crippen molar-refractivity contribution in [2.45, 2.75) is 51.5 Å². The number of nitrogens with zero attached hydrogens (tertiary/aromatic N) is 1. The van der Waals surface area contributed by atoms with Gasteiger partial charge in [-0.05, 0) is 44.7 Å².